The number of likely N-dealkylation sites (tertiary alicyclic amines) is 1. The number of aryl methyl sites for hydroxylation is 2. The molecule has 10 heteroatoms. The number of imidazole rings is 1. The summed E-state index contributed by atoms with van der Waals surface area (Å²) in [5.74, 6) is 0.694. The number of nitrogens with zero attached hydrogens (tertiary/aromatic N) is 3. The van der Waals surface area contributed by atoms with Gasteiger partial charge < -0.3 is 14.3 Å². The van der Waals surface area contributed by atoms with Crippen molar-refractivity contribution in [1.82, 2.24) is 14.5 Å². The van der Waals surface area contributed by atoms with Crippen LogP contribution >= 0.6 is 23.2 Å². The molecular formula is C26H26Cl2F3N3O2. The molecule has 0 atom stereocenters. The Hall–Kier alpha value is -2.58. The van der Waals surface area contributed by atoms with Crippen LogP contribution in [0.25, 0.3) is 11.0 Å². The molecule has 0 radical (unpaired) electrons. The summed E-state index contributed by atoms with van der Waals surface area (Å²) in [7, 11) is 1.72. The highest BCUT2D eigenvalue weighted by molar-refractivity contribution is 6.38. The normalized spacial score (nSPS) is 15.1. The largest absolute Gasteiger partial charge is 0.416 e. The molecule has 1 aliphatic heterocycles. The Kier molecular flexibility index (Phi) is 7.40. The number of piperidine rings is 1. The van der Waals surface area contributed by atoms with Gasteiger partial charge in [0, 0.05) is 38.0 Å². The van der Waals surface area contributed by atoms with E-state index in [1.165, 1.54) is 13.0 Å². The first-order valence-corrected chi connectivity index (χ1v) is 12.4. The maximum atomic E-state index is 13.4. The Morgan fingerprint density at radius 2 is 1.78 bits per heavy atom. The zero-order valence-electron chi connectivity index (χ0n) is 20.2. The van der Waals surface area contributed by atoms with E-state index in [0.717, 1.165) is 18.9 Å². The lowest BCUT2D eigenvalue weighted by Gasteiger charge is -2.32. The smallest absolute Gasteiger partial charge is 0.339 e. The van der Waals surface area contributed by atoms with E-state index in [2.05, 4.69) is 4.98 Å². The highest BCUT2D eigenvalue weighted by Gasteiger charge is 2.34. The van der Waals surface area contributed by atoms with Gasteiger partial charge in [0.25, 0.3) is 5.91 Å². The predicted molar refractivity (Wildman–Crippen MR) is 134 cm³/mol. The topological polar surface area (TPSA) is 55.2 Å². The van der Waals surface area contributed by atoms with Gasteiger partial charge in [-0.3, -0.25) is 4.79 Å². The first-order valence-electron chi connectivity index (χ1n) is 11.7. The van der Waals surface area contributed by atoms with Crippen LogP contribution in [-0.2, 0) is 24.4 Å². The van der Waals surface area contributed by atoms with Gasteiger partial charge in [-0.15, -0.1) is 0 Å². The average Bonchev–Trinajstić information content (AvgIpc) is 3.12. The number of aromatic nitrogens is 2. The van der Waals surface area contributed by atoms with Gasteiger partial charge in [-0.2, -0.15) is 13.2 Å². The summed E-state index contributed by atoms with van der Waals surface area (Å²) in [6.45, 7) is 4.06. The van der Waals surface area contributed by atoms with E-state index in [-0.39, 0.29) is 40.1 Å². The zero-order chi connectivity index (χ0) is 26.4. The fourth-order valence-electron chi connectivity index (χ4n) is 4.91. The van der Waals surface area contributed by atoms with Crippen LogP contribution in [0.2, 0.25) is 10.0 Å². The van der Waals surface area contributed by atoms with Crippen LogP contribution in [0.4, 0.5) is 13.2 Å². The minimum absolute atomic E-state index is 0.0520. The quantitative estimate of drug-likeness (QED) is 0.365. The molecule has 3 aromatic rings. The number of Topliss-reactive ketones (excluding diaryl/α,β-unsaturated/α-hetero) is 1. The Morgan fingerprint density at radius 3 is 2.39 bits per heavy atom. The number of fused-ring (bicyclic) bond motifs is 1. The van der Waals surface area contributed by atoms with Gasteiger partial charge in [-0.1, -0.05) is 23.2 Å². The minimum atomic E-state index is -4.47. The highest BCUT2D eigenvalue weighted by atomic mass is 35.5. The Morgan fingerprint density at radius 1 is 1.11 bits per heavy atom. The van der Waals surface area contributed by atoms with Gasteiger partial charge in [0.15, 0.2) is 0 Å². The van der Waals surface area contributed by atoms with Crippen LogP contribution in [-0.4, -0.2) is 39.2 Å². The first-order chi connectivity index (χ1) is 16.9. The lowest BCUT2D eigenvalue weighted by atomic mass is 9.91. The van der Waals surface area contributed by atoms with Crippen LogP contribution in [0.5, 0.6) is 0 Å². The summed E-state index contributed by atoms with van der Waals surface area (Å²) in [6, 6.07) is 5.66. The molecule has 1 fully saturated rings. The van der Waals surface area contributed by atoms with Crippen molar-refractivity contribution in [3.63, 3.8) is 0 Å². The third kappa shape index (κ3) is 5.11. The van der Waals surface area contributed by atoms with Crippen molar-refractivity contribution in [1.29, 1.82) is 0 Å². The molecule has 0 unspecified atom stereocenters. The van der Waals surface area contributed by atoms with E-state index in [1.807, 2.05) is 0 Å². The maximum Gasteiger partial charge on any atom is 0.416 e. The predicted octanol–water partition coefficient (Wildman–Crippen LogP) is 6.63. The average molecular weight is 540 g/mol. The van der Waals surface area contributed by atoms with E-state index in [0.29, 0.717) is 47.0 Å². The molecule has 192 valence electrons. The Labute approximate surface area is 217 Å². The van der Waals surface area contributed by atoms with Crippen molar-refractivity contribution < 1.29 is 22.8 Å². The fourth-order valence-corrected chi connectivity index (χ4v) is 5.49. The molecule has 2 heterocycles. The van der Waals surface area contributed by atoms with Gasteiger partial charge in [0.2, 0.25) is 0 Å². The number of carbonyl (C=O) groups is 2. The summed E-state index contributed by atoms with van der Waals surface area (Å²) < 4.78 is 41.8. The molecule has 0 N–H and O–H groups in total. The molecule has 1 aromatic heterocycles. The molecule has 0 spiro atoms. The van der Waals surface area contributed by atoms with Crippen molar-refractivity contribution >= 4 is 45.9 Å². The van der Waals surface area contributed by atoms with Crippen molar-refractivity contribution in [2.45, 2.75) is 45.7 Å². The van der Waals surface area contributed by atoms with E-state index >= 15 is 0 Å². The van der Waals surface area contributed by atoms with E-state index in [9.17, 15) is 22.8 Å². The lowest BCUT2D eigenvalue weighted by molar-refractivity contribution is -0.138. The van der Waals surface area contributed by atoms with Gasteiger partial charge in [-0.25, -0.2) is 4.98 Å². The van der Waals surface area contributed by atoms with Crippen molar-refractivity contribution in [2.75, 3.05) is 13.1 Å². The number of benzene rings is 2. The maximum absolute atomic E-state index is 13.4. The zero-order valence-corrected chi connectivity index (χ0v) is 21.7. The fraction of sp³-hybridized carbons (Fsp3) is 0.423. The molecule has 1 saturated heterocycles. The number of alkyl halides is 3. The summed E-state index contributed by atoms with van der Waals surface area (Å²) in [4.78, 5) is 30.9. The number of ketones is 1. The number of hydrogen-bond acceptors (Lipinski definition) is 3. The number of hydrogen-bond donors (Lipinski definition) is 0. The molecule has 0 saturated carbocycles. The second-order valence-corrected chi connectivity index (χ2v) is 10.2. The molecule has 5 nitrogen and oxygen atoms in total. The van der Waals surface area contributed by atoms with E-state index in [4.69, 9.17) is 23.2 Å². The summed E-state index contributed by atoms with van der Waals surface area (Å²) in [5.41, 5.74) is 0.948. The van der Waals surface area contributed by atoms with Crippen molar-refractivity contribution in [3.05, 3.63) is 62.4 Å². The third-order valence-corrected chi connectivity index (χ3v) is 7.72. The van der Waals surface area contributed by atoms with E-state index < -0.39 is 11.7 Å². The number of amides is 1. The number of halogens is 5. The minimum Gasteiger partial charge on any atom is -0.339 e. The molecule has 1 amide bonds. The molecule has 2 aromatic carbocycles. The number of rotatable bonds is 5. The van der Waals surface area contributed by atoms with Crippen molar-refractivity contribution in [2.24, 2.45) is 13.0 Å². The van der Waals surface area contributed by atoms with Crippen LogP contribution in [0.15, 0.2) is 24.3 Å². The second kappa shape index (κ2) is 10.1. The SMILES string of the molecule is CC(=O)CC1CCN(C(=O)c2ccc(Cl)c(Cc3nc4c(C)c(C(F)(F)F)ccc4n3C)c2Cl)CC1. The van der Waals surface area contributed by atoms with Crippen LogP contribution in [0, 0.1) is 12.8 Å². The molecule has 0 aliphatic carbocycles. The van der Waals surface area contributed by atoms with Crippen LogP contribution < -0.4 is 0 Å². The van der Waals surface area contributed by atoms with Gasteiger partial charge >= 0.3 is 6.18 Å². The van der Waals surface area contributed by atoms with Crippen LogP contribution in [0.1, 0.15) is 59.1 Å². The van der Waals surface area contributed by atoms with Gasteiger partial charge in [0.05, 0.1) is 27.2 Å². The van der Waals surface area contributed by atoms with Gasteiger partial charge in [-0.05, 0) is 68.0 Å². The standard InChI is InChI=1S/C26H26Cl2F3N3O2/c1-14(35)12-16-8-10-34(11-9-16)25(36)17-4-6-20(27)18(23(17)28)13-22-32-24-15(2)19(26(29,30)31)5-7-21(24)33(22)3/h4-7,16H,8-13H2,1-3H3. The van der Waals surface area contributed by atoms with Gasteiger partial charge in [0.1, 0.15) is 11.6 Å². The molecular weight excluding hydrogens is 514 g/mol. The summed E-state index contributed by atoms with van der Waals surface area (Å²) in [5, 5.41) is 0.551. The Balaban J connectivity index is 1.62. The number of carbonyl (C=O) groups excluding carboxylic acids is 2. The first kappa shape index (κ1) is 26.5. The van der Waals surface area contributed by atoms with Crippen molar-refractivity contribution in [3.8, 4) is 0 Å². The second-order valence-electron chi connectivity index (χ2n) is 9.40. The van der Waals surface area contributed by atoms with Crippen LogP contribution in [0.3, 0.4) is 0 Å². The van der Waals surface area contributed by atoms with E-state index in [1.54, 1.807) is 35.6 Å². The summed E-state index contributed by atoms with van der Waals surface area (Å²) in [6.07, 6.45) is -2.30. The third-order valence-electron chi connectivity index (χ3n) is 6.93. The molecule has 1 aliphatic rings. The summed E-state index contributed by atoms with van der Waals surface area (Å²) >= 11 is 13.1. The molecule has 36 heavy (non-hydrogen) atoms. The lowest BCUT2D eigenvalue weighted by Crippen LogP contribution is -2.39. The Bertz CT molecular complexity index is 1340. The highest BCUT2D eigenvalue weighted by Crippen LogP contribution is 2.36. The molecule has 0 bridgehead atoms. The molecule has 4 rings (SSSR count). The monoisotopic (exact) mass is 539 g/mol.